The van der Waals surface area contributed by atoms with Crippen LogP contribution in [0.5, 0.6) is 0 Å². The Balaban J connectivity index is 2.21. The molecule has 94 valence electrons. The molecule has 0 saturated carbocycles. The van der Waals surface area contributed by atoms with Crippen molar-refractivity contribution in [3.63, 3.8) is 0 Å². The summed E-state index contributed by atoms with van der Waals surface area (Å²) in [6.07, 6.45) is 1.21. The van der Waals surface area contributed by atoms with Gasteiger partial charge in [0.15, 0.2) is 0 Å². The molecule has 0 unspecified atom stereocenters. The second-order valence-electron chi connectivity index (χ2n) is 4.72. The van der Waals surface area contributed by atoms with Gasteiger partial charge in [0.05, 0.1) is 6.61 Å². The molecule has 0 saturated heterocycles. The van der Waals surface area contributed by atoms with E-state index in [0.29, 0.717) is 18.9 Å². The van der Waals surface area contributed by atoms with Crippen LogP contribution in [0.2, 0.25) is 0 Å². The third-order valence-electron chi connectivity index (χ3n) is 2.36. The van der Waals surface area contributed by atoms with E-state index < -0.39 is 0 Å². The van der Waals surface area contributed by atoms with Crippen LogP contribution in [0.4, 0.5) is 0 Å². The van der Waals surface area contributed by atoms with Crippen LogP contribution in [0.25, 0.3) is 0 Å². The minimum Gasteiger partial charge on any atom is -0.273 e. The van der Waals surface area contributed by atoms with Gasteiger partial charge < -0.3 is 0 Å². The van der Waals surface area contributed by atoms with Crippen LogP contribution in [0, 0.1) is 12.8 Å². The lowest BCUT2D eigenvalue weighted by atomic mass is 10.1. The Morgan fingerprint density at radius 3 is 2.53 bits per heavy atom. The zero-order chi connectivity index (χ0) is 12.7. The first-order valence-corrected chi connectivity index (χ1v) is 6.04. The first-order valence-electron chi connectivity index (χ1n) is 6.04. The number of amides is 1. The van der Waals surface area contributed by atoms with E-state index in [0.717, 1.165) is 6.42 Å². The maximum atomic E-state index is 11.4. The van der Waals surface area contributed by atoms with Gasteiger partial charge in [-0.05, 0) is 24.8 Å². The van der Waals surface area contributed by atoms with Gasteiger partial charge in [0, 0.05) is 6.42 Å². The quantitative estimate of drug-likeness (QED) is 0.770. The summed E-state index contributed by atoms with van der Waals surface area (Å²) < 4.78 is 0. The Morgan fingerprint density at radius 1 is 1.29 bits per heavy atom. The molecule has 0 aromatic heterocycles. The molecule has 0 bridgehead atoms. The van der Waals surface area contributed by atoms with Gasteiger partial charge in [0.25, 0.3) is 0 Å². The van der Waals surface area contributed by atoms with Gasteiger partial charge in [-0.2, -0.15) is 0 Å². The molecule has 0 aliphatic carbocycles. The van der Waals surface area contributed by atoms with Crippen LogP contribution < -0.4 is 5.48 Å². The van der Waals surface area contributed by atoms with Crippen molar-refractivity contribution in [2.24, 2.45) is 5.92 Å². The Labute approximate surface area is 103 Å². The van der Waals surface area contributed by atoms with Gasteiger partial charge in [-0.3, -0.25) is 9.63 Å². The monoisotopic (exact) mass is 235 g/mol. The van der Waals surface area contributed by atoms with Crippen molar-refractivity contribution in [3.05, 3.63) is 35.4 Å². The van der Waals surface area contributed by atoms with E-state index in [4.69, 9.17) is 4.84 Å². The molecule has 0 spiro atoms. The lowest BCUT2D eigenvalue weighted by Gasteiger charge is -2.07. The lowest BCUT2D eigenvalue weighted by molar-refractivity contribution is -0.134. The molecule has 1 amide bonds. The van der Waals surface area contributed by atoms with Crippen LogP contribution in [-0.4, -0.2) is 12.5 Å². The number of aryl methyl sites for hydroxylation is 2. The fourth-order valence-corrected chi connectivity index (χ4v) is 1.35. The molecule has 1 aromatic carbocycles. The maximum Gasteiger partial charge on any atom is 0.243 e. The van der Waals surface area contributed by atoms with Crippen molar-refractivity contribution < 1.29 is 9.63 Å². The number of nitrogens with one attached hydrogen (secondary N) is 1. The average molecular weight is 235 g/mol. The first kappa shape index (κ1) is 13.7. The first-order chi connectivity index (χ1) is 8.08. The van der Waals surface area contributed by atoms with E-state index in [2.05, 4.69) is 36.7 Å². The second kappa shape index (κ2) is 7.07. The molecular formula is C14H21NO2. The fraction of sp³-hybridized carbons (Fsp3) is 0.500. The van der Waals surface area contributed by atoms with Crippen LogP contribution in [0.15, 0.2) is 24.3 Å². The van der Waals surface area contributed by atoms with Crippen LogP contribution >= 0.6 is 0 Å². The van der Waals surface area contributed by atoms with Crippen molar-refractivity contribution in [1.29, 1.82) is 0 Å². The standard InChI is InChI=1S/C14H21NO2/c1-11(2)10-17-15-14(16)9-8-13-6-4-12(3)5-7-13/h4-7,11H,8-10H2,1-3H3,(H,15,16). The molecule has 1 rings (SSSR count). The summed E-state index contributed by atoms with van der Waals surface area (Å²) in [5, 5.41) is 0. The largest absolute Gasteiger partial charge is 0.273 e. The topological polar surface area (TPSA) is 38.3 Å². The minimum absolute atomic E-state index is 0.0637. The maximum absolute atomic E-state index is 11.4. The summed E-state index contributed by atoms with van der Waals surface area (Å²) in [5.74, 6) is 0.360. The van der Waals surface area contributed by atoms with Gasteiger partial charge in [0.2, 0.25) is 5.91 Å². The SMILES string of the molecule is Cc1ccc(CCC(=O)NOCC(C)C)cc1. The van der Waals surface area contributed by atoms with Crippen LogP contribution in [0.1, 0.15) is 31.4 Å². The molecule has 0 fully saturated rings. The number of hydroxylamine groups is 1. The van der Waals surface area contributed by atoms with E-state index in [-0.39, 0.29) is 5.91 Å². The van der Waals surface area contributed by atoms with E-state index in [1.165, 1.54) is 11.1 Å². The van der Waals surface area contributed by atoms with Crippen LogP contribution in [0.3, 0.4) is 0 Å². The number of rotatable bonds is 6. The predicted molar refractivity (Wildman–Crippen MR) is 68.4 cm³/mol. The molecule has 0 atom stereocenters. The van der Waals surface area contributed by atoms with Gasteiger partial charge >= 0.3 is 0 Å². The summed E-state index contributed by atoms with van der Waals surface area (Å²) >= 11 is 0. The van der Waals surface area contributed by atoms with E-state index >= 15 is 0 Å². The predicted octanol–water partition coefficient (Wildman–Crippen LogP) is 2.63. The molecule has 17 heavy (non-hydrogen) atoms. The number of hydrogen-bond donors (Lipinski definition) is 1. The summed E-state index contributed by atoms with van der Waals surface area (Å²) in [6.45, 7) is 6.68. The number of hydrogen-bond acceptors (Lipinski definition) is 2. The highest BCUT2D eigenvalue weighted by Crippen LogP contribution is 2.05. The zero-order valence-electron chi connectivity index (χ0n) is 10.8. The van der Waals surface area contributed by atoms with Crippen LogP contribution in [-0.2, 0) is 16.1 Å². The summed E-state index contributed by atoms with van der Waals surface area (Å²) in [4.78, 5) is 16.5. The Hall–Kier alpha value is -1.35. The van der Waals surface area contributed by atoms with Gasteiger partial charge in [-0.25, -0.2) is 5.48 Å². The van der Waals surface area contributed by atoms with Crippen molar-refractivity contribution in [2.75, 3.05) is 6.61 Å². The van der Waals surface area contributed by atoms with Crippen molar-refractivity contribution in [1.82, 2.24) is 5.48 Å². The summed E-state index contributed by atoms with van der Waals surface area (Å²) in [6, 6.07) is 8.22. The van der Waals surface area contributed by atoms with E-state index in [1.807, 2.05) is 13.8 Å². The number of carbonyl (C=O) groups excluding carboxylic acids is 1. The van der Waals surface area contributed by atoms with Crippen molar-refractivity contribution in [2.45, 2.75) is 33.6 Å². The zero-order valence-corrected chi connectivity index (χ0v) is 10.8. The summed E-state index contributed by atoms with van der Waals surface area (Å²) in [7, 11) is 0. The molecule has 3 heteroatoms. The third-order valence-corrected chi connectivity index (χ3v) is 2.36. The number of carbonyl (C=O) groups is 1. The van der Waals surface area contributed by atoms with Gasteiger partial charge in [-0.15, -0.1) is 0 Å². The summed E-state index contributed by atoms with van der Waals surface area (Å²) in [5.41, 5.74) is 4.87. The molecule has 0 heterocycles. The van der Waals surface area contributed by atoms with Crippen molar-refractivity contribution >= 4 is 5.91 Å². The molecule has 0 aliphatic heterocycles. The Morgan fingerprint density at radius 2 is 1.94 bits per heavy atom. The van der Waals surface area contributed by atoms with Crippen molar-refractivity contribution in [3.8, 4) is 0 Å². The minimum atomic E-state index is -0.0637. The van der Waals surface area contributed by atoms with Gasteiger partial charge in [0.1, 0.15) is 0 Å². The Kier molecular flexibility index (Phi) is 5.70. The molecule has 0 aliphatic rings. The normalized spacial score (nSPS) is 10.6. The molecule has 3 nitrogen and oxygen atoms in total. The average Bonchev–Trinajstić information content (AvgIpc) is 2.28. The van der Waals surface area contributed by atoms with E-state index in [1.54, 1.807) is 0 Å². The third kappa shape index (κ3) is 6.07. The second-order valence-corrected chi connectivity index (χ2v) is 4.72. The highest BCUT2D eigenvalue weighted by atomic mass is 16.6. The van der Waals surface area contributed by atoms with Gasteiger partial charge in [-0.1, -0.05) is 43.7 Å². The smallest absolute Gasteiger partial charge is 0.243 e. The molecular weight excluding hydrogens is 214 g/mol. The molecule has 1 aromatic rings. The van der Waals surface area contributed by atoms with E-state index in [9.17, 15) is 4.79 Å². The fourth-order valence-electron chi connectivity index (χ4n) is 1.35. The highest BCUT2D eigenvalue weighted by molar-refractivity contribution is 5.75. The highest BCUT2D eigenvalue weighted by Gasteiger charge is 2.02. The number of benzene rings is 1. The Bertz CT molecular complexity index is 344. The molecule has 1 N–H and O–H groups in total. The molecule has 0 radical (unpaired) electrons. The lowest BCUT2D eigenvalue weighted by Crippen LogP contribution is -2.25.